The van der Waals surface area contributed by atoms with Gasteiger partial charge in [-0.2, -0.15) is 0 Å². The molecule has 0 spiro atoms. The summed E-state index contributed by atoms with van der Waals surface area (Å²) in [5.74, 6) is -0.0103. The highest BCUT2D eigenvalue weighted by Crippen LogP contribution is 2.25. The summed E-state index contributed by atoms with van der Waals surface area (Å²) in [6, 6.07) is 18.3. The van der Waals surface area contributed by atoms with Crippen molar-refractivity contribution in [3.8, 4) is 11.3 Å². The molecule has 28 heavy (non-hydrogen) atoms. The molecular formula is C22H25Cl2N3O. The summed E-state index contributed by atoms with van der Waals surface area (Å²) in [5.41, 5.74) is 4.61. The second-order valence-corrected chi connectivity index (χ2v) is 6.94. The Morgan fingerprint density at radius 1 is 1.04 bits per heavy atom. The highest BCUT2D eigenvalue weighted by molar-refractivity contribution is 6.07. The molecule has 2 aromatic carbocycles. The third-order valence-corrected chi connectivity index (χ3v) is 4.98. The second-order valence-electron chi connectivity index (χ2n) is 6.94. The number of hydrogen-bond acceptors (Lipinski definition) is 3. The number of aromatic nitrogens is 1. The molecule has 0 bridgehead atoms. The Hall–Kier alpha value is -2.14. The Morgan fingerprint density at radius 2 is 1.71 bits per heavy atom. The fourth-order valence-corrected chi connectivity index (χ4v) is 3.46. The van der Waals surface area contributed by atoms with Crippen LogP contribution in [0.25, 0.3) is 22.2 Å². The monoisotopic (exact) mass is 417 g/mol. The number of hydrogen-bond donors (Lipinski definition) is 2. The van der Waals surface area contributed by atoms with E-state index in [2.05, 4.69) is 41.8 Å². The number of benzene rings is 2. The molecule has 6 heteroatoms. The smallest absolute Gasteiger partial charge is 0.252 e. The van der Waals surface area contributed by atoms with Gasteiger partial charge < -0.3 is 10.6 Å². The molecule has 1 aliphatic heterocycles. The van der Waals surface area contributed by atoms with E-state index in [0.29, 0.717) is 5.56 Å². The SMILES string of the molecule is Cc1ccc(-c2cc(C(=O)NC3CCNCC3)c3ccccc3n2)cc1.Cl.Cl. The Kier molecular flexibility index (Phi) is 7.81. The minimum absolute atomic E-state index is 0. The van der Waals surface area contributed by atoms with Crippen LogP contribution in [0.1, 0.15) is 28.8 Å². The van der Waals surface area contributed by atoms with Gasteiger partial charge in [-0.15, -0.1) is 24.8 Å². The van der Waals surface area contributed by atoms with Crippen molar-refractivity contribution in [2.45, 2.75) is 25.8 Å². The third kappa shape index (κ3) is 4.82. The summed E-state index contributed by atoms with van der Waals surface area (Å²) >= 11 is 0. The predicted molar refractivity (Wildman–Crippen MR) is 120 cm³/mol. The molecule has 0 unspecified atom stereocenters. The quantitative estimate of drug-likeness (QED) is 0.657. The van der Waals surface area contributed by atoms with Crippen LogP contribution in [0.5, 0.6) is 0 Å². The molecule has 0 saturated carbocycles. The first-order valence-electron chi connectivity index (χ1n) is 9.19. The van der Waals surface area contributed by atoms with Gasteiger partial charge in [0, 0.05) is 17.0 Å². The van der Waals surface area contributed by atoms with E-state index in [0.717, 1.165) is 48.1 Å². The summed E-state index contributed by atoms with van der Waals surface area (Å²) in [7, 11) is 0. The van der Waals surface area contributed by atoms with Gasteiger partial charge in [0.2, 0.25) is 0 Å². The lowest BCUT2D eigenvalue weighted by molar-refractivity contribution is 0.0931. The largest absolute Gasteiger partial charge is 0.349 e. The molecule has 4 rings (SSSR count). The van der Waals surface area contributed by atoms with E-state index >= 15 is 0 Å². The molecule has 1 aliphatic rings. The molecule has 0 atom stereocenters. The number of rotatable bonds is 3. The van der Waals surface area contributed by atoms with Gasteiger partial charge in [-0.25, -0.2) is 4.98 Å². The molecule has 0 aliphatic carbocycles. The Morgan fingerprint density at radius 3 is 2.43 bits per heavy atom. The van der Waals surface area contributed by atoms with Crippen LogP contribution >= 0.6 is 24.8 Å². The fraction of sp³-hybridized carbons (Fsp3) is 0.273. The van der Waals surface area contributed by atoms with Crippen molar-refractivity contribution in [2.75, 3.05) is 13.1 Å². The zero-order chi connectivity index (χ0) is 17.9. The first-order chi connectivity index (χ1) is 12.7. The number of nitrogens with one attached hydrogen (secondary N) is 2. The van der Waals surface area contributed by atoms with Gasteiger partial charge in [0.25, 0.3) is 5.91 Å². The van der Waals surface area contributed by atoms with Crippen LogP contribution in [0.3, 0.4) is 0 Å². The zero-order valence-corrected chi connectivity index (χ0v) is 17.4. The average Bonchev–Trinajstić information content (AvgIpc) is 2.68. The number of nitrogens with zero attached hydrogens (tertiary/aromatic N) is 1. The predicted octanol–water partition coefficient (Wildman–Crippen LogP) is 4.54. The van der Waals surface area contributed by atoms with E-state index in [9.17, 15) is 4.79 Å². The van der Waals surface area contributed by atoms with Crippen molar-refractivity contribution in [1.29, 1.82) is 0 Å². The Labute approximate surface area is 178 Å². The van der Waals surface area contributed by atoms with Gasteiger partial charge in [-0.1, -0.05) is 48.0 Å². The van der Waals surface area contributed by atoms with Crippen LogP contribution in [0.4, 0.5) is 0 Å². The van der Waals surface area contributed by atoms with Gasteiger partial charge >= 0.3 is 0 Å². The van der Waals surface area contributed by atoms with Crippen molar-refractivity contribution in [3.63, 3.8) is 0 Å². The number of para-hydroxylation sites is 1. The number of halogens is 2. The molecule has 1 amide bonds. The molecule has 2 N–H and O–H groups in total. The van der Waals surface area contributed by atoms with Gasteiger partial charge in [0.15, 0.2) is 0 Å². The summed E-state index contributed by atoms with van der Waals surface area (Å²) in [6.45, 7) is 3.98. The van der Waals surface area contributed by atoms with Crippen LogP contribution < -0.4 is 10.6 Å². The number of amides is 1. The standard InChI is InChI=1S/C22H23N3O.2ClH/c1-15-6-8-16(9-7-15)21-14-19(18-4-2-3-5-20(18)25-21)22(26)24-17-10-12-23-13-11-17;;/h2-9,14,17,23H,10-13H2,1H3,(H,24,26);2*1H. The van der Waals surface area contributed by atoms with E-state index in [-0.39, 0.29) is 36.8 Å². The number of piperidine rings is 1. The molecule has 148 valence electrons. The maximum atomic E-state index is 13.0. The van der Waals surface area contributed by atoms with Crippen molar-refractivity contribution in [3.05, 3.63) is 65.7 Å². The number of pyridine rings is 1. The van der Waals surface area contributed by atoms with E-state index in [1.54, 1.807) is 0 Å². The van der Waals surface area contributed by atoms with E-state index in [4.69, 9.17) is 4.98 Å². The summed E-state index contributed by atoms with van der Waals surface area (Å²) in [4.78, 5) is 17.8. The fourth-order valence-electron chi connectivity index (χ4n) is 3.46. The molecule has 0 radical (unpaired) electrons. The maximum absolute atomic E-state index is 13.0. The molecule has 1 fully saturated rings. The maximum Gasteiger partial charge on any atom is 0.252 e. The van der Waals surface area contributed by atoms with Gasteiger partial charge in [-0.3, -0.25) is 4.79 Å². The van der Waals surface area contributed by atoms with Gasteiger partial charge in [0.05, 0.1) is 16.8 Å². The molecule has 1 saturated heterocycles. The van der Waals surface area contributed by atoms with Gasteiger partial charge in [-0.05, 0) is 45.0 Å². The summed E-state index contributed by atoms with van der Waals surface area (Å²) in [5, 5.41) is 7.44. The number of aryl methyl sites for hydroxylation is 1. The van der Waals surface area contributed by atoms with Crippen LogP contribution in [-0.2, 0) is 0 Å². The van der Waals surface area contributed by atoms with Crippen molar-refractivity contribution < 1.29 is 4.79 Å². The minimum atomic E-state index is -0.0103. The van der Waals surface area contributed by atoms with Crippen molar-refractivity contribution in [1.82, 2.24) is 15.6 Å². The first-order valence-corrected chi connectivity index (χ1v) is 9.19. The van der Waals surface area contributed by atoms with Crippen LogP contribution in [0.15, 0.2) is 54.6 Å². The molecule has 4 nitrogen and oxygen atoms in total. The van der Waals surface area contributed by atoms with E-state index in [1.807, 2.05) is 30.3 Å². The molecular weight excluding hydrogens is 393 g/mol. The zero-order valence-electron chi connectivity index (χ0n) is 15.8. The molecule has 3 aromatic rings. The number of carbonyl (C=O) groups is 1. The highest BCUT2D eigenvalue weighted by atomic mass is 35.5. The Bertz CT molecular complexity index is 938. The number of fused-ring (bicyclic) bond motifs is 1. The van der Waals surface area contributed by atoms with E-state index < -0.39 is 0 Å². The van der Waals surface area contributed by atoms with Crippen molar-refractivity contribution in [2.24, 2.45) is 0 Å². The van der Waals surface area contributed by atoms with Gasteiger partial charge in [0.1, 0.15) is 0 Å². The van der Waals surface area contributed by atoms with Crippen LogP contribution in [0, 0.1) is 6.92 Å². The second kappa shape index (κ2) is 9.87. The van der Waals surface area contributed by atoms with Crippen molar-refractivity contribution >= 4 is 41.6 Å². The lowest BCUT2D eigenvalue weighted by atomic mass is 10.0. The number of carbonyl (C=O) groups excluding carboxylic acids is 1. The van der Waals surface area contributed by atoms with Crippen LogP contribution in [0.2, 0.25) is 0 Å². The lowest BCUT2D eigenvalue weighted by Gasteiger charge is -2.24. The first kappa shape index (κ1) is 22.2. The molecule has 2 heterocycles. The normalized spacial score (nSPS) is 14.0. The molecule has 1 aromatic heterocycles. The lowest BCUT2D eigenvalue weighted by Crippen LogP contribution is -2.42. The third-order valence-electron chi connectivity index (χ3n) is 4.98. The topological polar surface area (TPSA) is 54.0 Å². The Balaban J connectivity index is 0.00000140. The van der Waals surface area contributed by atoms with E-state index in [1.165, 1.54) is 5.56 Å². The summed E-state index contributed by atoms with van der Waals surface area (Å²) < 4.78 is 0. The summed E-state index contributed by atoms with van der Waals surface area (Å²) in [6.07, 6.45) is 1.94. The highest BCUT2D eigenvalue weighted by Gasteiger charge is 2.19. The van der Waals surface area contributed by atoms with Crippen LogP contribution in [-0.4, -0.2) is 30.0 Å². The average molecular weight is 418 g/mol. The minimum Gasteiger partial charge on any atom is -0.349 e.